The van der Waals surface area contributed by atoms with Crippen molar-refractivity contribution in [3.05, 3.63) is 29.8 Å². The van der Waals surface area contributed by atoms with E-state index < -0.39 is 23.5 Å². The number of nitrogens with two attached hydrogens (primary N) is 1. The summed E-state index contributed by atoms with van der Waals surface area (Å²) in [7, 11) is 0. The summed E-state index contributed by atoms with van der Waals surface area (Å²) in [6.07, 6.45) is 0.327. The summed E-state index contributed by atoms with van der Waals surface area (Å²) in [5, 5.41) is 9.35. The predicted octanol–water partition coefficient (Wildman–Crippen LogP) is 1.40. The van der Waals surface area contributed by atoms with Crippen LogP contribution in [0.5, 0.6) is 0 Å². The second kappa shape index (κ2) is 4.90. The molecule has 0 radical (unpaired) electrons. The number of amides is 1. The van der Waals surface area contributed by atoms with Crippen molar-refractivity contribution in [1.29, 1.82) is 0 Å². The maximum Gasteiger partial charge on any atom is 0.327 e. The first-order chi connectivity index (χ1) is 9.23. The highest BCUT2D eigenvalue weighted by atomic mass is 16.4. The van der Waals surface area contributed by atoms with Gasteiger partial charge in [-0.1, -0.05) is 39.0 Å². The molecule has 0 aromatic heterocycles. The van der Waals surface area contributed by atoms with Crippen molar-refractivity contribution in [2.45, 2.75) is 39.3 Å². The van der Waals surface area contributed by atoms with Crippen LogP contribution in [0.15, 0.2) is 24.3 Å². The molecule has 3 N–H and O–H groups in total. The molecular weight excluding hydrogens is 256 g/mol. The van der Waals surface area contributed by atoms with Crippen LogP contribution in [-0.2, 0) is 16.0 Å². The van der Waals surface area contributed by atoms with Crippen molar-refractivity contribution in [3.8, 4) is 0 Å². The van der Waals surface area contributed by atoms with E-state index in [4.69, 9.17) is 5.73 Å². The minimum Gasteiger partial charge on any atom is -0.480 e. The molecule has 5 heteroatoms. The van der Waals surface area contributed by atoms with Crippen LogP contribution in [0.3, 0.4) is 0 Å². The minimum absolute atomic E-state index is 0.327. The van der Waals surface area contributed by atoms with Gasteiger partial charge in [0, 0.05) is 12.1 Å². The molecule has 20 heavy (non-hydrogen) atoms. The van der Waals surface area contributed by atoms with Crippen molar-refractivity contribution in [1.82, 2.24) is 0 Å². The predicted molar refractivity (Wildman–Crippen MR) is 76.5 cm³/mol. The standard InChI is InChI=1S/C15H20N2O3/c1-15(2,3)12(16)13(18)17-10-7-5-4-6-9(10)8-11(17)14(19)20/h4-7,11-12H,8,16H2,1-3H3,(H,19,20)/t11-,12+/m0/s1. The summed E-state index contributed by atoms with van der Waals surface area (Å²) >= 11 is 0. The zero-order valence-electron chi connectivity index (χ0n) is 12.0. The number of carbonyl (C=O) groups is 2. The molecule has 2 rings (SSSR count). The van der Waals surface area contributed by atoms with Crippen molar-refractivity contribution in [2.75, 3.05) is 4.90 Å². The van der Waals surface area contributed by atoms with Gasteiger partial charge in [-0.2, -0.15) is 0 Å². The van der Waals surface area contributed by atoms with E-state index in [1.807, 2.05) is 32.9 Å². The number of para-hydroxylation sites is 1. The number of rotatable bonds is 2. The molecule has 0 bridgehead atoms. The largest absolute Gasteiger partial charge is 0.480 e. The van der Waals surface area contributed by atoms with Crippen LogP contribution in [0.4, 0.5) is 5.69 Å². The average molecular weight is 276 g/mol. The summed E-state index contributed by atoms with van der Waals surface area (Å²) in [4.78, 5) is 25.4. The van der Waals surface area contributed by atoms with Crippen LogP contribution < -0.4 is 10.6 Å². The van der Waals surface area contributed by atoms with E-state index in [-0.39, 0.29) is 5.91 Å². The maximum atomic E-state index is 12.6. The number of carboxylic acids is 1. The Bertz CT molecular complexity index is 548. The normalized spacial score (nSPS) is 19.6. The Labute approximate surface area is 118 Å². The van der Waals surface area contributed by atoms with E-state index in [1.165, 1.54) is 4.90 Å². The van der Waals surface area contributed by atoms with Gasteiger partial charge in [0.1, 0.15) is 6.04 Å². The SMILES string of the molecule is CC(C)(C)[C@H](N)C(=O)N1c2ccccc2C[C@H]1C(=O)O. The van der Waals surface area contributed by atoms with Crippen LogP contribution in [0, 0.1) is 5.41 Å². The van der Waals surface area contributed by atoms with Gasteiger partial charge < -0.3 is 10.8 Å². The zero-order chi connectivity index (χ0) is 15.1. The lowest BCUT2D eigenvalue weighted by molar-refractivity contribution is -0.140. The highest BCUT2D eigenvalue weighted by Crippen LogP contribution is 2.34. The fourth-order valence-corrected chi connectivity index (χ4v) is 2.38. The van der Waals surface area contributed by atoms with Crippen LogP contribution in [0.25, 0.3) is 0 Å². The second-order valence-electron chi connectivity index (χ2n) is 6.24. The number of aliphatic carboxylic acids is 1. The molecule has 0 saturated heterocycles. The fraction of sp³-hybridized carbons (Fsp3) is 0.467. The van der Waals surface area contributed by atoms with Gasteiger partial charge in [0.05, 0.1) is 6.04 Å². The van der Waals surface area contributed by atoms with Gasteiger partial charge in [-0.15, -0.1) is 0 Å². The monoisotopic (exact) mass is 276 g/mol. The lowest BCUT2D eigenvalue weighted by Crippen LogP contribution is -2.54. The van der Waals surface area contributed by atoms with E-state index in [0.29, 0.717) is 12.1 Å². The average Bonchev–Trinajstić information content (AvgIpc) is 2.75. The Morgan fingerprint density at radius 3 is 2.50 bits per heavy atom. The van der Waals surface area contributed by atoms with Gasteiger partial charge in [0.2, 0.25) is 5.91 Å². The molecule has 108 valence electrons. The Balaban J connectivity index is 2.41. The molecule has 0 aliphatic carbocycles. The first-order valence-electron chi connectivity index (χ1n) is 6.63. The zero-order valence-corrected chi connectivity index (χ0v) is 12.0. The third kappa shape index (κ3) is 2.41. The van der Waals surface area contributed by atoms with Gasteiger partial charge in [-0.3, -0.25) is 9.69 Å². The fourth-order valence-electron chi connectivity index (χ4n) is 2.38. The van der Waals surface area contributed by atoms with Crippen LogP contribution in [-0.4, -0.2) is 29.1 Å². The highest BCUT2D eigenvalue weighted by molar-refractivity contribution is 6.04. The highest BCUT2D eigenvalue weighted by Gasteiger charge is 2.42. The Morgan fingerprint density at radius 2 is 1.95 bits per heavy atom. The summed E-state index contributed by atoms with van der Waals surface area (Å²) < 4.78 is 0. The molecule has 1 aromatic rings. The molecule has 1 amide bonds. The summed E-state index contributed by atoms with van der Waals surface area (Å²) in [6, 6.07) is 5.65. The summed E-state index contributed by atoms with van der Waals surface area (Å²) in [6.45, 7) is 5.61. The third-order valence-electron chi connectivity index (χ3n) is 3.70. The summed E-state index contributed by atoms with van der Waals surface area (Å²) in [5.74, 6) is -1.34. The smallest absolute Gasteiger partial charge is 0.327 e. The first-order valence-corrected chi connectivity index (χ1v) is 6.63. The minimum atomic E-state index is -1.00. The van der Waals surface area contributed by atoms with E-state index in [0.717, 1.165) is 5.56 Å². The summed E-state index contributed by atoms with van der Waals surface area (Å²) in [5.41, 5.74) is 7.12. The number of hydrogen-bond donors (Lipinski definition) is 2. The lowest BCUT2D eigenvalue weighted by atomic mass is 9.86. The number of carbonyl (C=O) groups excluding carboxylic acids is 1. The molecule has 0 fully saturated rings. The van der Waals surface area contributed by atoms with E-state index in [1.54, 1.807) is 12.1 Å². The number of benzene rings is 1. The molecule has 0 saturated carbocycles. The van der Waals surface area contributed by atoms with Crippen LogP contribution in [0.1, 0.15) is 26.3 Å². The molecule has 0 unspecified atom stereocenters. The Kier molecular flexibility index (Phi) is 3.56. The number of nitrogens with zero attached hydrogens (tertiary/aromatic N) is 1. The van der Waals surface area contributed by atoms with Crippen LogP contribution in [0.2, 0.25) is 0 Å². The first kappa shape index (κ1) is 14.5. The van der Waals surface area contributed by atoms with Gasteiger partial charge in [-0.05, 0) is 17.0 Å². The molecule has 1 heterocycles. The molecule has 1 aliphatic rings. The number of fused-ring (bicyclic) bond motifs is 1. The molecule has 0 spiro atoms. The van der Waals surface area contributed by atoms with Gasteiger partial charge >= 0.3 is 5.97 Å². The number of hydrogen-bond acceptors (Lipinski definition) is 3. The van der Waals surface area contributed by atoms with Crippen molar-refractivity contribution >= 4 is 17.6 Å². The molecule has 2 atom stereocenters. The molecular formula is C15H20N2O3. The Morgan fingerprint density at radius 1 is 1.35 bits per heavy atom. The van der Waals surface area contributed by atoms with Crippen molar-refractivity contribution in [2.24, 2.45) is 11.1 Å². The van der Waals surface area contributed by atoms with Gasteiger partial charge in [0.25, 0.3) is 0 Å². The topological polar surface area (TPSA) is 83.6 Å². The molecule has 5 nitrogen and oxygen atoms in total. The van der Waals surface area contributed by atoms with Crippen LogP contribution >= 0.6 is 0 Å². The third-order valence-corrected chi connectivity index (χ3v) is 3.70. The quantitative estimate of drug-likeness (QED) is 0.855. The van der Waals surface area contributed by atoms with Gasteiger partial charge in [0.15, 0.2) is 0 Å². The number of carboxylic acid groups (broad SMARTS) is 1. The molecule has 1 aliphatic heterocycles. The number of anilines is 1. The Hall–Kier alpha value is -1.88. The maximum absolute atomic E-state index is 12.6. The van der Waals surface area contributed by atoms with Gasteiger partial charge in [-0.25, -0.2) is 4.79 Å². The van der Waals surface area contributed by atoms with Crippen molar-refractivity contribution in [3.63, 3.8) is 0 Å². The second-order valence-corrected chi connectivity index (χ2v) is 6.24. The van der Waals surface area contributed by atoms with Crippen molar-refractivity contribution < 1.29 is 14.7 Å². The molecule has 1 aromatic carbocycles. The lowest BCUT2D eigenvalue weighted by Gasteiger charge is -2.32. The van der Waals surface area contributed by atoms with E-state index >= 15 is 0 Å². The van der Waals surface area contributed by atoms with E-state index in [9.17, 15) is 14.7 Å². The van der Waals surface area contributed by atoms with E-state index in [2.05, 4.69) is 0 Å².